The van der Waals surface area contributed by atoms with Gasteiger partial charge in [0.05, 0.1) is 10.6 Å². The summed E-state index contributed by atoms with van der Waals surface area (Å²) in [5.41, 5.74) is 2.61. The van der Waals surface area contributed by atoms with Crippen molar-refractivity contribution < 1.29 is 17.9 Å². The second-order valence-electron chi connectivity index (χ2n) is 6.99. The van der Waals surface area contributed by atoms with E-state index in [1.54, 1.807) is 59.5 Å². The molecule has 0 saturated heterocycles. The molecular formula is C23H22N2O4S. The van der Waals surface area contributed by atoms with E-state index < -0.39 is 10.0 Å². The Labute approximate surface area is 176 Å². The maximum Gasteiger partial charge on any atom is 0.264 e. The first-order valence-corrected chi connectivity index (χ1v) is 11.1. The number of carbonyl (C=O) groups excluding carboxylic acids is 1. The van der Waals surface area contributed by atoms with Gasteiger partial charge >= 0.3 is 0 Å². The molecule has 0 saturated carbocycles. The van der Waals surface area contributed by atoms with Gasteiger partial charge in [-0.15, -0.1) is 0 Å². The fourth-order valence-electron chi connectivity index (χ4n) is 3.46. The van der Waals surface area contributed by atoms with Crippen molar-refractivity contribution in [2.45, 2.75) is 11.3 Å². The van der Waals surface area contributed by atoms with Crippen LogP contribution in [0.4, 0.5) is 11.4 Å². The van der Waals surface area contributed by atoms with Crippen LogP contribution in [-0.2, 0) is 21.2 Å². The van der Waals surface area contributed by atoms with Crippen molar-refractivity contribution in [1.82, 2.24) is 0 Å². The first-order valence-electron chi connectivity index (χ1n) is 9.62. The standard InChI is InChI=1S/C23H22N2O4S/c1-24(30(27,28)21-8-3-2-4-9-21)19-11-13-20(14-12-19)29-17-23(26)25-16-15-18-7-5-6-10-22(18)25/h2-14H,15-17H2,1H3. The number of para-hydroxylation sites is 1. The van der Waals surface area contributed by atoms with Crippen LogP contribution in [0.5, 0.6) is 5.75 Å². The van der Waals surface area contributed by atoms with Gasteiger partial charge in [-0.05, 0) is 54.4 Å². The summed E-state index contributed by atoms with van der Waals surface area (Å²) in [6.45, 7) is 0.578. The van der Waals surface area contributed by atoms with Gasteiger partial charge < -0.3 is 9.64 Å². The molecule has 0 N–H and O–H groups in total. The van der Waals surface area contributed by atoms with Crippen LogP contribution in [0.2, 0.25) is 0 Å². The molecule has 0 fully saturated rings. The minimum atomic E-state index is -3.64. The van der Waals surface area contributed by atoms with E-state index in [1.165, 1.54) is 11.4 Å². The maximum absolute atomic E-state index is 12.7. The number of hydrogen-bond donors (Lipinski definition) is 0. The molecule has 3 aromatic carbocycles. The molecule has 1 aliphatic rings. The molecule has 4 rings (SSSR count). The van der Waals surface area contributed by atoms with Gasteiger partial charge in [-0.25, -0.2) is 8.42 Å². The molecular weight excluding hydrogens is 400 g/mol. The summed E-state index contributed by atoms with van der Waals surface area (Å²) in [5.74, 6) is 0.401. The Balaban J connectivity index is 1.40. The molecule has 0 unspecified atom stereocenters. The average molecular weight is 423 g/mol. The Morgan fingerprint density at radius 3 is 2.37 bits per heavy atom. The van der Waals surface area contributed by atoms with Crippen molar-refractivity contribution >= 4 is 27.3 Å². The third-order valence-electron chi connectivity index (χ3n) is 5.15. The Morgan fingerprint density at radius 1 is 0.967 bits per heavy atom. The molecule has 1 aliphatic heterocycles. The van der Waals surface area contributed by atoms with Gasteiger partial charge in [0.25, 0.3) is 15.9 Å². The van der Waals surface area contributed by atoms with Crippen molar-refractivity contribution in [2.24, 2.45) is 0 Å². The predicted octanol–water partition coefficient (Wildman–Crippen LogP) is 3.48. The molecule has 1 amide bonds. The number of anilines is 2. The second kappa shape index (κ2) is 8.20. The van der Waals surface area contributed by atoms with Crippen LogP contribution < -0.4 is 13.9 Å². The Kier molecular flexibility index (Phi) is 5.46. The van der Waals surface area contributed by atoms with E-state index in [1.807, 2.05) is 24.3 Å². The van der Waals surface area contributed by atoms with Gasteiger partial charge in [0.2, 0.25) is 0 Å². The summed E-state index contributed by atoms with van der Waals surface area (Å²) < 4.78 is 32.3. The van der Waals surface area contributed by atoms with E-state index in [9.17, 15) is 13.2 Å². The molecule has 1 heterocycles. The second-order valence-corrected chi connectivity index (χ2v) is 8.96. The minimum Gasteiger partial charge on any atom is -0.484 e. The van der Waals surface area contributed by atoms with E-state index in [2.05, 4.69) is 0 Å². The highest BCUT2D eigenvalue weighted by atomic mass is 32.2. The third kappa shape index (κ3) is 3.89. The molecule has 30 heavy (non-hydrogen) atoms. The van der Waals surface area contributed by atoms with Gasteiger partial charge in [-0.2, -0.15) is 0 Å². The first kappa shape index (κ1) is 20.0. The Bertz CT molecular complexity index is 1150. The molecule has 7 heteroatoms. The Morgan fingerprint density at radius 2 is 1.63 bits per heavy atom. The van der Waals surface area contributed by atoms with E-state index >= 15 is 0 Å². The summed E-state index contributed by atoms with van der Waals surface area (Å²) in [6.07, 6.45) is 0.846. The summed E-state index contributed by atoms with van der Waals surface area (Å²) in [4.78, 5) is 14.5. The van der Waals surface area contributed by atoms with Crippen molar-refractivity contribution in [3.8, 4) is 5.75 Å². The number of ether oxygens (including phenoxy) is 1. The summed E-state index contributed by atoms with van der Waals surface area (Å²) in [6, 6.07) is 22.8. The van der Waals surface area contributed by atoms with E-state index in [-0.39, 0.29) is 17.4 Å². The number of hydrogen-bond acceptors (Lipinski definition) is 4. The lowest BCUT2D eigenvalue weighted by Gasteiger charge is -2.20. The number of benzene rings is 3. The van der Waals surface area contributed by atoms with Crippen molar-refractivity contribution in [3.05, 3.63) is 84.4 Å². The van der Waals surface area contributed by atoms with Crippen LogP contribution in [0.1, 0.15) is 5.56 Å². The summed E-state index contributed by atoms with van der Waals surface area (Å²) >= 11 is 0. The lowest BCUT2D eigenvalue weighted by atomic mass is 10.2. The molecule has 0 bridgehead atoms. The number of nitrogens with zero attached hydrogens (tertiary/aromatic N) is 2. The van der Waals surface area contributed by atoms with Crippen LogP contribution in [0.25, 0.3) is 0 Å². The molecule has 0 aromatic heterocycles. The molecule has 0 aliphatic carbocycles. The van der Waals surface area contributed by atoms with Crippen LogP contribution in [0, 0.1) is 0 Å². The van der Waals surface area contributed by atoms with Gasteiger partial charge in [0.1, 0.15) is 5.75 Å². The van der Waals surface area contributed by atoms with Crippen LogP contribution >= 0.6 is 0 Å². The molecule has 0 radical (unpaired) electrons. The number of sulfonamides is 1. The largest absolute Gasteiger partial charge is 0.484 e. The maximum atomic E-state index is 12.7. The number of rotatable bonds is 6. The molecule has 0 atom stereocenters. The number of fused-ring (bicyclic) bond motifs is 1. The normalized spacial score (nSPS) is 13.0. The first-order chi connectivity index (χ1) is 14.5. The number of carbonyl (C=O) groups is 1. The molecule has 6 nitrogen and oxygen atoms in total. The van der Waals surface area contributed by atoms with E-state index in [4.69, 9.17) is 4.74 Å². The van der Waals surface area contributed by atoms with E-state index in [0.717, 1.165) is 17.7 Å². The average Bonchev–Trinajstić information content (AvgIpc) is 3.22. The Hall–Kier alpha value is -3.32. The van der Waals surface area contributed by atoms with Gasteiger partial charge in [0, 0.05) is 19.3 Å². The zero-order chi connectivity index (χ0) is 21.1. The lowest BCUT2D eigenvalue weighted by Crippen LogP contribution is -2.33. The van der Waals surface area contributed by atoms with Crippen LogP contribution in [0.15, 0.2) is 83.8 Å². The monoisotopic (exact) mass is 422 g/mol. The molecule has 3 aromatic rings. The van der Waals surface area contributed by atoms with Crippen molar-refractivity contribution in [1.29, 1.82) is 0 Å². The quantitative estimate of drug-likeness (QED) is 0.610. The zero-order valence-corrected chi connectivity index (χ0v) is 17.4. The highest BCUT2D eigenvalue weighted by Crippen LogP contribution is 2.28. The third-order valence-corrected chi connectivity index (χ3v) is 6.95. The number of amides is 1. The van der Waals surface area contributed by atoms with Crippen LogP contribution in [-0.4, -0.2) is 34.5 Å². The summed E-state index contributed by atoms with van der Waals surface area (Å²) in [7, 11) is -2.13. The van der Waals surface area contributed by atoms with Crippen molar-refractivity contribution in [3.63, 3.8) is 0 Å². The minimum absolute atomic E-state index is 0.0775. The predicted molar refractivity (Wildman–Crippen MR) is 116 cm³/mol. The van der Waals surface area contributed by atoms with Gasteiger partial charge in [0.15, 0.2) is 6.61 Å². The molecule has 154 valence electrons. The van der Waals surface area contributed by atoms with Crippen molar-refractivity contribution in [2.75, 3.05) is 29.4 Å². The highest BCUT2D eigenvalue weighted by molar-refractivity contribution is 7.92. The summed E-state index contributed by atoms with van der Waals surface area (Å²) in [5, 5.41) is 0. The SMILES string of the molecule is CN(c1ccc(OCC(=O)N2CCc3ccccc32)cc1)S(=O)(=O)c1ccccc1. The fourth-order valence-corrected chi connectivity index (χ4v) is 4.68. The van der Waals surface area contributed by atoms with E-state index in [0.29, 0.717) is 18.0 Å². The molecule has 0 spiro atoms. The lowest BCUT2D eigenvalue weighted by molar-refractivity contribution is -0.120. The van der Waals surface area contributed by atoms with Gasteiger partial charge in [-0.1, -0.05) is 36.4 Å². The highest BCUT2D eigenvalue weighted by Gasteiger charge is 2.24. The van der Waals surface area contributed by atoms with Crippen LogP contribution in [0.3, 0.4) is 0 Å². The topological polar surface area (TPSA) is 66.9 Å². The smallest absolute Gasteiger partial charge is 0.264 e. The fraction of sp³-hybridized carbons (Fsp3) is 0.174. The van der Waals surface area contributed by atoms with Gasteiger partial charge in [-0.3, -0.25) is 9.10 Å². The zero-order valence-electron chi connectivity index (χ0n) is 16.6.